The first-order valence-corrected chi connectivity index (χ1v) is 3.31. The van der Waals surface area contributed by atoms with Gasteiger partial charge >= 0.3 is 6.14 Å². The van der Waals surface area contributed by atoms with Crippen molar-refractivity contribution in [3.8, 4) is 0 Å². The third-order valence-electron chi connectivity index (χ3n) is 1.52. The van der Waals surface area contributed by atoms with Crippen LogP contribution in [0.25, 0.3) is 11.1 Å². The van der Waals surface area contributed by atoms with Crippen molar-refractivity contribution in [1.29, 1.82) is 0 Å². The summed E-state index contributed by atoms with van der Waals surface area (Å²) >= 11 is 0. The second-order valence-corrected chi connectivity index (χ2v) is 2.31. The standard InChI is InChI=1S/C8H4FNO2/c9-8-10-6-3-5(4-11)1-2-7(6)12-8/h1-4H. The molecule has 1 heterocycles. The molecule has 0 aliphatic rings. The lowest BCUT2D eigenvalue weighted by Crippen LogP contribution is -1.77. The van der Waals surface area contributed by atoms with Crippen LogP contribution in [0.5, 0.6) is 0 Å². The Kier molecular flexibility index (Phi) is 1.40. The monoisotopic (exact) mass is 165 g/mol. The van der Waals surface area contributed by atoms with E-state index in [9.17, 15) is 9.18 Å². The molecule has 0 radical (unpaired) electrons. The summed E-state index contributed by atoms with van der Waals surface area (Å²) in [7, 11) is 0. The average Bonchev–Trinajstić information content (AvgIpc) is 2.43. The van der Waals surface area contributed by atoms with E-state index in [1.54, 1.807) is 6.07 Å². The minimum absolute atomic E-state index is 0.345. The van der Waals surface area contributed by atoms with Gasteiger partial charge in [0.2, 0.25) is 0 Å². The van der Waals surface area contributed by atoms with Crippen LogP contribution in [0.15, 0.2) is 22.6 Å². The summed E-state index contributed by atoms with van der Waals surface area (Å²) in [6.45, 7) is 0. The topological polar surface area (TPSA) is 43.1 Å². The van der Waals surface area contributed by atoms with Gasteiger partial charge in [0.15, 0.2) is 5.58 Å². The molecule has 2 rings (SSSR count). The number of hydrogen-bond donors (Lipinski definition) is 0. The van der Waals surface area contributed by atoms with Gasteiger partial charge in [-0.3, -0.25) is 4.79 Å². The molecule has 0 aliphatic carbocycles. The van der Waals surface area contributed by atoms with Crippen molar-refractivity contribution in [2.75, 3.05) is 0 Å². The van der Waals surface area contributed by atoms with E-state index < -0.39 is 6.14 Å². The zero-order chi connectivity index (χ0) is 8.55. The molecule has 0 saturated heterocycles. The first-order valence-electron chi connectivity index (χ1n) is 3.31. The molecule has 0 spiro atoms. The number of aldehydes is 1. The highest BCUT2D eigenvalue weighted by molar-refractivity contribution is 5.83. The van der Waals surface area contributed by atoms with E-state index in [2.05, 4.69) is 9.40 Å². The van der Waals surface area contributed by atoms with E-state index in [1.165, 1.54) is 12.1 Å². The number of hydrogen-bond acceptors (Lipinski definition) is 3. The highest BCUT2D eigenvalue weighted by atomic mass is 19.1. The first-order chi connectivity index (χ1) is 5.79. The first kappa shape index (κ1) is 6.97. The van der Waals surface area contributed by atoms with Crippen molar-refractivity contribution in [1.82, 2.24) is 4.98 Å². The van der Waals surface area contributed by atoms with Crippen LogP contribution in [0, 0.1) is 6.14 Å². The minimum atomic E-state index is -0.881. The Bertz CT molecular complexity index is 436. The molecule has 60 valence electrons. The van der Waals surface area contributed by atoms with Gasteiger partial charge in [0.05, 0.1) is 0 Å². The lowest BCUT2D eigenvalue weighted by Gasteiger charge is -1.86. The van der Waals surface area contributed by atoms with Gasteiger partial charge in [-0.15, -0.1) is 4.39 Å². The van der Waals surface area contributed by atoms with Crippen molar-refractivity contribution in [3.05, 3.63) is 29.9 Å². The van der Waals surface area contributed by atoms with Gasteiger partial charge in [-0.25, -0.2) is 0 Å². The Balaban J connectivity index is 2.74. The Labute approximate surface area is 66.8 Å². The predicted octanol–water partition coefficient (Wildman–Crippen LogP) is 1.78. The Morgan fingerprint density at radius 3 is 3.08 bits per heavy atom. The zero-order valence-corrected chi connectivity index (χ0v) is 5.95. The molecule has 4 heteroatoms. The molecular formula is C8H4FNO2. The molecule has 0 N–H and O–H groups in total. The predicted molar refractivity (Wildman–Crippen MR) is 39.4 cm³/mol. The van der Waals surface area contributed by atoms with Crippen molar-refractivity contribution >= 4 is 17.4 Å². The van der Waals surface area contributed by atoms with E-state index in [4.69, 9.17) is 0 Å². The third-order valence-corrected chi connectivity index (χ3v) is 1.52. The lowest BCUT2D eigenvalue weighted by atomic mass is 10.2. The van der Waals surface area contributed by atoms with Crippen molar-refractivity contribution in [2.24, 2.45) is 0 Å². The maximum absolute atomic E-state index is 12.4. The quantitative estimate of drug-likeness (QED) is 0.605. The SMILES string of the molecule is O=Cc1ccc2oc(F)nc2c1. The molecule has 0 amide bonds. The second-order valence-electron chi connectivity index (χ2n) is 2.31. The number of aromatic nitrogens is 1. The molecule has 0 aliphatic heterocycles. The smallest absolute Gasteiger partial charge is 0.382 e. The molecular weight excluding hydrogens is 161 g/mol. The highest BCUT2D eigenvalue weighted by Crippen LogP contribution is 2.15. The summed E-state index contributed by atoms with van der Waals surface area (Å²) in [5, 5.41) is 0. The van der Waals surface area contributed by atoms with Gasteiger partial charge in [-0.2, -0.15) is 4.98 Å². The van der Waals surface area contributed by atoms with Crippen LogP contribution in [-0.2, 0) is 0 Å². The van der Waals surface area contributed by atoms with Crippen LogP contribution < -0.4 is 0 Å². The number of carbonyl (C=O) groups excluding carboxylic acids is 1. The third kappa shape index (κ3) is 0.972. The number of rotatable bonds is 1. The number of halogens is 1. The Morgan fingerprint density at radius 1 is 1.50 bits per heavy atom. The van der Waals surface area contributed by atoms with Crippen LogP contribution in [0.3, 0.4) is 0 Å². The van der Waals surface area contributed by atoms with Crippen LogP contribution in [0.1, 0.15) is 10.4 Å². The Hall–Kier alpha value is -1.71. The molecule has 0 fully saturated rings. The summed E-state index contributed by atoms with van der Waals surface area (Å²) in [5.41, 5.74) is 1.16. The van der Waals surface area contributed by atoms with Crippen LogP contribution >= 0.6 is 0 Å². The molecule has 12 heavy (non-hydrogen) atoms. The molecule has 0 unspecified atom stereocenters. The summed E-state index contributed by atoms with van der Waals surface area (Å²) < 4.78 is 17.0. The second kappa shape index (κ2) is 2.41. The zero-order valence-electron chi connectivity index (χ0n) is 5.95. The van der Waals surface area contributed by atoms with Crippen molar-refractivity contribution < 1.29 is 13.6 Å². The van der Waals surface area contributed by atoms with Gasteiger partial charge in [-0.1, -0.05) is 0 Å². The van der Waals surface area contributed by atoms with E-state index in [0.29, 0.717) is 22.9 Å². The molecule has 3 nitrogen and oxygen atoms in total. The maximum atomic E-state index is 12.4. The summed E-state index contributed by atoms with van der Waals surface area (Å²) in [6.07, 6.45) is -0.209. The number of oxazole rings is 1. The van der Waals surface area contributed by atoms with E-state index >= 15 is 0 Å². The fourth-order valence-corrected chi connectivity index (χ4v) is 0.990. The van der Waals surface area contributed by atoms with Gasteiger partial charge in [0.1, 0.15) is 11.8 Å². The van der Waals surface area contributed by atoms with E-state index in [1.807, 2.05) is 0 Å². The van der Waals surface area contributed by atoms with Gasteiger partial charge in [-0.05, 0) is 18.2 Å². The van der Waals surface area contributed by atoms with Crippen LogP contribution in [0.2, 0.25) is 0 Å². The Morgan fingerprint density at radius 2 is 2.33 bits per heavy atom. The fourth-order valence-electron chi connectivity index (χ4n) is 0.990. The lowest BCUT2D eigenvalue weighted by molar-refractivity contribution is 0.112. The molecule has 0 saturated carbocycles. The summed E-state index contributed by atoms with van der Waals surface area (Å²) in [4.78, 5) is 13.7. The van der Waals surface area contributed by atoms with Gasteiger partial charge in [0, 0.05) is 5.56 Å². The van der Waals surface area contributed by atoms with E-state index in [0.717, 1.165) is 0 Å². The highest BCUT2D eigenvalue weighted by Gasteiger charge is 2.03. The van der Waals surface area contributed by atoms with Crippen LogP contribution in [0.4, 0.5) is 4.39 Å². The number of carbonyl (C=O) groups is 1. The molecule has 0 atom stereocenters. The molecule has 1 aromatic heterocycles. The maximum Gasteiger partial charge on any atom is 0.382 e. The number of nitrogens with zero attached hydrogens (tertiary/aromatic N) is 1. The summed E-state index contributed by atoms with van der Waals surface area (Å²) in [5.74, 6) is 0. The number of benzene rings is 1. The molecule has 2 aromatic rings. The van der Waals surface area contributed by atoms with Crippen molar-refractivity contribution in [3.63, 3.8) is 0 Å². The van der Waals surface area contributed by atoms with E-state index in [-0.39, 0.29) is 0 Å². The normalized spacial score (nSPS) is 10.4. The van der Waals surface area contributed by atoms with Crippen molar-refractivity contribution in [2.45, 2.75) is 0 Å². The van der Waals surface area contributed by atoms with Crippen LogP contribution in [-0.4, -0.2) is 11.3 Å². The largest absolute Gasteiger partial charge is 0.415 e. The molecule has 1 aromatic carbocycles. The summed E-state index contributed by atoms with van der Waals surface area (Å²) in [6, 6.07) is 4.52. The fraction of sp³-hybridized carbons (Fsp3) is 0. The van der Waals surface area contributed by atoms with Gasteiger partial charge < -0.3 is 4.42 Å². The number of fused-ring (bicyclic) bond motifs is 1. The van der Waals surface area contributed by atoms with Gasteiger partial charge in [0.25, 0.3) is 0 Å². The average molecular weight is 165 g/mol. The molecule has 0 bridgehead atoms. The minimum Gasteiger partial charge on any atom is -0.415 e.